The number of imidazole rings is 1. The van der Waals surface area contributed by atoms with Crippen molar-refractivity contribution in [1.29, 1.82) is 0 Å². The quantitative estimate of drug-likeness (QED) is 0.667. The van der Waals surface area contributed by atoms with Gasteiger partial charge in [0.25, 0.3) is 0 Å². The van der Waals surface area contributed by atoms with E-state index in [1.165, 1.54) is 12.1 Å². The summed E-state index contributed by atoms with van der Waals surface area (Å²) in [6.45, 7) is 1.59. The third kappa shape index (κ3) is 4.11. The van der Waals surface area contributed by atoms with Crippen LogP contribution in [0.15, 0.2) is 36.9 Å². The van der Waals surface area contributed by atoms with E-state index in [4.69, 9.17) is 10.5 Å². The summed E-state index contributed by atoms with van der Waals surface area (Å²) >= 11 is 0. The highest BCUT2D eigenvalue weighted by Gasteiger charge is 2.03. The van der Waals surface area contributed by atoms with Crippen LogP contribution < -0.4 is 10.5 Å². The number of nitrogens with zero attached hydrogens (tertiary/aromatic N) is 2. The fraction of sp³-hybridized carbons (Fsp3) is 0.267. The number of nitrogens with two attached hydrogens (primary N) is 1. The molecule has 1 aromatic carbocycles. The zero-order valence-corrected chi connectivity index (χ0v) is 11.1. The molecular weight excluding hydrogens is 257 g/mol. The van der Waals surface area contributed by atoms with Gasteiger partial charge in [-0.05, 0) is 24.6 Å². The molecule has 0 atom stereocenters. The molecule has 0 aliphatic carbocycles. The molecular formula is C15H16FN3O. The van der Waals surface area contributed by atoms with E-state index in [1.807, 2.05) is 10.8 Å². The van der Waals surface area contributed by atoms with Crippen molar-refractivity contribution >= 4 is 0 Å². The fourth-order valence-corrected chi connectivity index (χ4v) is 1.72. The number of ether oxygens (including phenoxy) is 1. The van der Waals surface area contributed by atoms with Gasteiger partial charge in [0.1, 0.15) is 11.6 Å². The van der Waals surface area contributed by atoms with Gasteiger partial charge in [0, 0.05) is 18.9 Å². The maximum atomic E-state index is 13.2. The minimum Gasteiger partial charge on any atom is -0.492 e. The van der Waals surface area contributed by atoms with E-state index in [1.54, 1.807) is 18.6 Å². The maximum absolute atomic E-state index is 13.2. The highest BCUT2D eigenvalue weighted by molar-refractivity contribution is 5.46. The van der Waals surface area contributed by atoms with Crippen molar-refractivity contribution in [2.75, 3.05) is 13.2 Å². The highest BCUT2D eigenvalue weighted by Crippen LogP contribution is 2.19. The van der Waals surface area contributed by atoms with Crippen molar-refractivity contribution in [3.05, 3.63) is 48.3 Å². The van der Waals surface area contributed by atoms with Gasteiger partial charge in [-0.3, -0.25) is 0 Å². The van der Waals surface area contributed by atoms with Crippen LogP contribution >= 0.6 is 0 Å². The van der Waals surface area contributed by atoms with Crippen LogP contribution in [0.25, 0.3) is 0 Å². The van der Waals surface area contributed by atoms with E-state index in [9.17, 15) is 4.39 Å². The third-order valence-corrected chi connectivity index (χ3v) is 2.64. The van der Waals surface area contributed by atoms with E-state index in [0.717, 1.165) is 13.0 Å². The topological polar surface area (TPSA) is 53.1 Å². The van der Waals surface area contributed by atoms with Crippen molar-refractivity contribution in [3.8, 4) is 17.6 Å². The Balaban J connectivity index is 1.91. The number of aryl methyl sites for hydroxylation is 1. The average molecular weight is 273 g/mol. The normalized spacial score (nSPS) is 9.90. The molecule has 0 bridgehead atoms. The third-order valence-electron chi connectivity index (χ3n) is 2.64. The molecule has 1 aromatic heterocycles. The smallest absolute Gasteiger partial charge is 0.135 e. The lowest BCUT2D eigenvalue weighted by molar-refractivity contribution is 0.300. The number of rotatable bonds is 5. The largest absolute Gasteiger partial charge is 0.492 e. The molecule has 0 amide bonds. The van der Waals surface area contributed by atoms with Gasteiger partial charge in [0.15, 0.2) is 0 Å². The van der Waals surface area contributed by atoms with Gasteiger partial charge < -0.3 is 15.0 Å². The Morgan fingerprint density at radius 2 is 2.30 bits per heavy atom. The van der Waals surface area contributed by atoms with Crippen molar-refractivity contribution in [2.24, 2.45) is 5.73 Å². The molecule has 5 heteroatoms. The van der Waals surface area contributed by atoms with Crippen LogP contribution in [-0.4, -0.2) is 22.7 Å². The number of hydrogen-bond acceptors (Lipinski definition) is 3. The van der Waals surface area contributed by atoms with E-state index in [2.05, 4.69) is 16.8 Å². The van der Waals surface area contributed by atoms with Crippen molar-refractivity contribution < 1.29 is 9.13 Å². The first-order valence-corrected chi connectivity index (χ1v) is 6.36. The molecule has 4 nitrogen and oxygen atoms in total. The molecule has 0 unspecified atom stereocenters. The van der Waals surface area contributed by atoms with E-state index in [-0.39, 0.29) is 12.4 Å². The zero-order chi connectivity index (χ0) is 14.2. The molecule has 20 heavy (non-hydrogen) atoms. The predicted octanol–water partition coefficient (Wildman–Crippen LogP) is 1.80. The second-order valence-electron chi connectivity index (χ2n) is 4.15. The first-order valence-electron chi connectivity index (χ1n) is 6.36. The molecule has 0 spiro atoms. The van der Waals surface area contributed by atoms with E-state index >= 15 is 0 Å². The summed E-state index contributed by atoms with van der Waals surface area (Å²) in [6.07, 6.45) is 6.23. The Bertz CT molecular complexity index is 599. The van der Waals surface area contributed by atoms with Crippen molar-refractivity contribution in [2.45, 2.75) is 13.0 Å². The highest BCUT2D eigenvalue weighted by atomic mass is 19.1. The molecule has 0 fully saturated rings. The van der Waals surface area contributed by atoms with Crippen LogP contribution in [0.4, 0.5) is 4.39 Å². The minimum absolute atomic E-state index is 0.233. The van der Waals surface area contributed by atoms with Crippen LogP contribution in [0.2, 0.25) is 0 Å². The Kier molecular flexibility index (Phi) is 5.15. The molecule has 0 saturated carbocycles. The summed E-state index contributed by atoms with van der Waals surface area (Å²) in [7, 11) is 0. The second kappa shape index (κ2) is 7.31. The summed E-state index contributed by atoms with van der Waals surface area (Å²) in [6, 6.07) is 4.31. The molecule has 0 aliphatic heterocycles. The molecule has 2 N–H and O–H groups in total. The minimum atomic E-state index is -0.336. The van der Waals surface area contributed by atoms with Gasteiger partial charge in [0.2, 0.25) is 0 Å². The Morgan fingerprint density at radius 3 is 3.05 bits per heavy atom. The Labute approximate surface area is 117 Å². The summed E-state index contributed by atoms with van der Waals surface area (Å²) in [5.41, 5.74) is 5.85. The average Bonchev–Trinajstić information content (AvgIpc) is 2.96. The maximum Gasteiger partial charge on any atom is 0.135 e. The molecule has 2 rings (SSSR count). The summed E-state index contributed by atoms with van der Waals surface area (Å²) in [5, 5.41) is 0. The summed E-state index contributed by atoms with van der Waals surface area (Å²) in [5.74, 6) is 5.76. The first-order chi connectivity index (χ1) is 9.79. The summed E-state index contributed by atoms with van der Waals surface area (Å²) < 4.78 is 20.8. The molecule has 104 valence electrons. The van der Waals surface area contributed by atoms with Gasteiger partial charge in [-0.15, -0.1) is 0 Å². The van der Waals surface area contributed by atoms with Gasteiger partial charge >= 0.3 is 0 Å². The Hall–Kier alpha value is -2.32. The standard InChI is InChI=1S/C15H16FN3O/c16-14-4-5-15(13(11-14)3-1-6-17)20-10-2-8-19-9-7-18-12-19/h4-5,7,9,11-12H,2,6,8,10,17H2. The van der Waals surface area contributed by atoms with Gasteiger partial charge in [-0.2, -0.15) is 0 Å². The molecule has 0 saturated heterocycles. The molecule has 0 aliphatic rings. The Morgan fingerprint density at radius 1 is 1.40 bits per heavy atom. The van der Waals surface area contributed by atoms with Gasteiger partial charge in [0.05, 0.1) is 25.0 Å². The number of aromatic nitrogens is 2. The van der Waals surface area contributed by atoms with Crippen LogP contribution in [0.3, 0.4) is 0 Å². The zero-order valence-electron chi connectivity index (χ0n) is 11.1. The lowest BCUT2D eigenvalue weighted by atomic mass is 10.2. The number of benzene rings is 1. The van der Waals surface area contributed by atoms with Gasteiger partial charge in [-0.25, -0.2) is 9.37 Å². The predicted molar refractivity (Wildman–Crippen MR) is 74.7 cm³/mol. The number of hydrogen-bond donors (Lipinski definition) is 1. The molecule has 2 aromatic rings. The first kappa shape index (κ1) is 14.1. The number of halogens is 1. The van der Waals surface area contributed by atoms with Crippen LogP contribution in [-0.2, 0) is 6.54 Å². The van der Waals surface area contributed by atoms with Crippen LogP contribution in [0, 0.1) is 17.7 Å². The molecule has 0 radical (unpaired) electrons. The van der Waals surface area contributed by atoms with Gasteiger partial charge in [-0.1, -0.05) is 11.8 Å². The van der Waals surface area contributed by atoms with E-state index < -0.39 is 0 Å². The van der Waals surface area contributed by atoms with Crippen molar-refractivity contribution in [3.63, 3.8) is 0 Å². The lowest BCUT2D eigenvalue weighted by Crippen LogP contribution is -2.04. The van der Waals surface area contributed by atoms with Crippen LogP contribution in [0.1, 0.15) is 12.0 Å². The lowest BCUT2D eigenvalue weighted by Gasteiger charge is -2.08. The fourth-order valence-electron chi connectivity index (χ4n) is 1.72. The monoisotopic (exact) mass is 273 g/mol. The van der Waals surface area contributed by atoms with E-state index in [0.29, 0.717) is 17.9 Å². The second-order valence-corrected chi connectivity index (χ2v) is 4.15. The van der Waals surface area contributed by atoms with Crippen LogP contribution in [0.5, 0.6) is 5.75 Å². The SMILES string of the molecule is NCC#Cc1cc(F)ccc1OCCCn1ccnc1. The van der Waals surface area contributed by atoms with Crippen molar-refractivity contribution in [1.82, 2.24) is 9.55 Å². The summed E-state index contributed by atoms with van der Waals surface area (Å²) in [4.78, 5) is 3.97. The molecule has 1 heterocycles.